The molecule has 96 valence electrons. The standard InChI is InChI=1S/C15H12O3S/c16-14-9-4-1-2-5-10(9)15(17)13-11(14)6-3-7-12(13)18-8-19/h1-7,16-17,19H,8H2. The van der Waals surface area contributed by atoms with Gasteiger partial charge in [-0.05, 0) is 6.07 Å². The number of ether oxygens (including phenoxy) is 1. The Hall–Kier alpha value is -2.07. The molecule has 4 heteroatoms. The third-order valence-electron chi connectivity index (χ3n) is 3.18. The van der Waals surface area contributed by atoms with Crippen LogP contribution in [0.1, 0.15) is 0 Å². The summed E-state index contributed by atoms with van der Waals surface area (Å²) in [6.45, 7) is 0. The number of fused-ring (bicyclic) bond motifs is 2. The van der Waals surface area contributed by atoms with E-state index in [1.165, 1.54) is 0 Å². The fourth-order valence-corrected chi connectivity index (χ4v) is 2.48. The predicted octanol–water partition coefficient (Wildman–Crippen LogP) is 3.67. The Kier molecular flexibility index (Phi) is 2.87. The van der Waals surface area contributed by atoms with E-state index in [0.29, 0.717) is 27.3 Å². The maximum Gasteiger partial charge on any atom is 0.135 e. The quantitative estimate of drug-likeness (QED) is 0.289. The van der Waals surface area contributed by atoms with Crippen molar-refractivity contribution in [1.82, 2.24) is 0 Å². The lowest BCUT2D eigenvalue weighted by atomic mass is 10.00. The van der Waals surface area contributed by atoms with Gasteiger partial charge >= 0.3 is 0 Å². The second-order valence-electron chi connectivity index (χ2n) is 4.19. The van der Waals surface area contributed by atoms with Crippen LogP contribution in [-0.2, 0) is 0 Å². The van der Waals surface area contributed by atoms with Crippen LogP contribution in [0.5, 0.6) is 17.2 Å². The van der Waals surface area contributed by atoms with Gasteiger partial charge in [0.25, 0.3) is 0 Å². The molecule has 0 amide bonds. The van der Waals surface area contributed by atoms with Crippen molar-refractivity contribution >= 4 is 34.2 Å². The molecule has 0 unspecified atom stereocenters. The van der Waals surface area contributed by atoms with Crippen LogP contribution in [0, 0.1) is 0 Å². The maximum absolute atomic E-state index is 10.4. The number of benzene rings is 3. The van der Waals surface area contributed by atoms with E-state index in [1.807, 2.05) is 12.1 Å². The van der Waals surface area contributed by atoms with E-state index in [9.17, 15) is 10.2 Å². The Morgan fingerprint density at radius 1 is 0.842 bits per heavy atom. The average molecular weight is 272 g/mol. The Balaban J connectivity index is 2.52. The number of aromatic hydroxyl groups is 2. The normalized spacial score (nSPS) is 11.0. The Morgan fingerprint density at radius 2 is 1.47 bits per heavy atom. The van der Waals surface area contributed by atoms with Crippen molar-refractivity contribution in [2.45, 2.75) is 0 Å². The molecule has 0 bridgehead atoms. The van der Waals surface area contributed by atoms with Gasteiger partial charge < -0.3 is 14.9 Å². The SMILES string of the molecule is Oc1c2ccccc2c(O)c2c(OCS)cccc12. The van der Waals surface area contributed by atoms with Crippen LogP contribution in [0.3, 0.4) is 0 Å². The highest BCUT2D eigenvalue weighted by molar-refractivity contribution is 7.80. The van der Waals surface area contributed by atoms with Crippen molar-refractivity contribution in [3.63, 3.8) is 0 Å². The zero-order valence-corrected chi connectivity index (χ0v) is 10.9. The summed E-state index contributed by atoms with van der Waals surface area (Å²) in [6.07, 6.45) is 0. The lowest BCUT2D eigenvalue weighted by Crippen LogP contribution is -1.91. The summed E-state index contributed by atoms with van der Waals surface area (Å²) in [5.41, 5.74) is 0. The van der Waals surface area contributed by atoms with E-state index in [0.717, 1.165) is 0 Å². The van der Waals surface area contributed by atoms with E-state index in [4.69, 9.17) is 4.74 Å². The lowest BCUT2D eigenvalue weighted by Gasteiger charge is -2.12. The van der Waals surface area contributed by atoms with Gasteiger partial charge in [-0.25, -0.2) is 0 Å². The predicted molar refractivity (Wildman–Crippen MR) is 79.3 cm³/mol. The molecule has 0 fully saturated rings. The molecule has 0 aliphatic rings. The second-order valence-corrected chi connectivity index (χ2v) is 4.45. The van der Waals surface area contributed by atoms with Crippen LogP contribution in [0.4, 0.5) is 0 Å². The molecule has 3 rings (SSSR count). The van der Waals surface area contributed by atoms with Crippen molar-refractivity contribution < 1.29 is 14.9 Å². The number of rotatable bonds is 2. The van der Waals surface area contributed by atoms with E-state index in [2.05, 4.69) is 12.6 Å². The zero-order valence-electron chi connectivity index (χ0n) is 10.00. The average Bonchev–Trinajstić information content (AvgIpc) is 2.45. The Morgan fingerprint density at radius 3 is 2.16 bits per heavy atom. The van der Waals surface area contributed by atoms with Gasteiger partial charge in [0, 0.05) is 16.2 Å². The molecule has 0 aliphatic carbocycles. The van der Waals surface area contributed by atoms with E-state index in [1.54, 1.807) is 30.3 Å². The summed E-state index contributed by atoms with van der Waals surface area (Å²) in [5.74, 6) is 0.964. The fraction of sp³-hybridized carbons (Fsp3) is 0.0667. The molecule has 0 saturated carbocycles. The highest BCUT2D eigenvalue weighted by Crippen LogP contribution is 2.44. The largest absolute Gasteiger partial charge is 0.507 e. The molecule has 19 heavy (non-hydrogen) atoms. The first-order chi connectivity index (χ1) is 9.24. The monoisotopic (exact) mass is 272 g/mol. The molecule has 0 atom stereocenters. The molecule has 2 N–H and O–H groups in total. The molecule has 0 saturated heterocycles. The summed E-state index contributed by atoms with van der Waals surface area (Å²) < 4.78 is 5.40. The van der Waals surface area contributed by atoms with E-state index < -0.39 is 0 Å². The van der Waals surface area contributed by atoms with Gasteiger partial charge in [-0.2, -0.15) is 0 Å². The summed E-state index contributed by atoms with van der Waals surface area (Å²) in [4.78, 5) is 0. The van der Waals surface area contributed by atoms with Crippen LogP contribution in [0.15, 0.2) is 42.5 Å². The molecule has 3 aromatic rings. The van der Waals surface area contributed by atoms with Crippen molar-refractivity contribution in [1.29, 1.82) is 0 Å². The topological polar surface area (TPSA) is 49.7 Å². The van der Waals surface area contributed by atoms with Crippen molar-refractivity contribution in [2.24, 2.45) is 0 Å². The number of hydrogen-bond donors (Lipinski definition) is 3. The first-order valence-electron chi connectivity index (χ1n) is 5.83. The molecule has 0 heterocycles. The number of phenols is 2. The minimum atomic E-state index is 0.112. The first-order valence-corrected chi connectivity index (χ1v) is 6.46. The molecule has 0 aliphatic heterocycles. The van der Waals surface area contributed by atoms with Gasteiger partial charge in [-0.1, -0.05) is 36.4 Å². The van der Waals surface area contributed by atoms with Gasteiger partial charge in [-0.3, -0.25) is 0 Å². The fourth-order valence-electron chi connectivity index (χ4n) is 2.34. The van der Waals surface area contributed by atoms with Crippen LogP contribution < -0.4 is 4.74 Å². The van der Waals surface area contributed by atoms with Crippen LogP contribution in [-0.4, -0.2) is 16.2 Å². The smallest absolute Gasteiger partial charge is 0.135 e. The van der Waals surface area contributed by atoms with Crippen LogP contribution in [0.2, 0.25) is 0 Å². The lowest BCUT2D eigenvalue weighted by molar-refractivity contribution is 0.397. The minimum absolute atomic E-state index is 0.112. The second kappa shape index (κ2) is 4.55. The summed E-state index contributed by atoms with van der Waals surface area (Å²) >= 11 is 4.02. The van der Waals surface area contributed by atoms with Gasteiger partial charge in [-0.15, -0.1) is 12.6 Å². The third-order valence-corrected chi connectivity index (χ3v) is 3.30. The summed E-state index contributed by atoms with van der Waals surface area (Å²) in [7, 11) is 0. The molecule has 3 aromatic carbocycles. The molecule has 0 radical (unpaired) electrons. The third kappa shape index (κ3) is 1.76. The Labute approximate surface area is 115 Å². The zero-order chi connectivity index (χ0) is 13.4. The molecule has 3 nitrogen and oxygen atoms in total. The van der Waals surface area contributed by atoms with E-state index in [-0.39, 0.29) is 17.4 Å². The molecule has 0 aromatic heterocycles. The van der Waals surface area contributed by atoms with E-state index >= 15 is 0 Å². The Bertz CT molecular complexity index is 768. The number of hydrogen-bond acceptors (Lipinski definition) is 4. The number of thiol groups is 1. The molecular weight excluding hydrogens is 260 g/mol. The van der Waals surface area contributed by atoms with Crippen molar-refractivity contribution in [3.05, 3.63) is 42.5 Å². The number of phenolic OH excluding ortho intramolecular Hbond substituents is 2. The highest BCUT2D eigenvalue weighted by atomic mass is 32.1. The van der Waals surface area contributed by atoms with Crippen molar-refractivity contribution in [3.8, 4) is 17.2 Å². The van der Waals surface area contributed by atoms with Gasteiger partial charge in [0.1, 0.15) is 23.2 Å². The molecular formula is C15H12O3S. The van der Waals surface area contributed by atoms with Crippen LogP contribution in [0.25, 0.3) is 21.5 Å². The summed E-state index contributed by atoms with van der Waals surface area (Å²) in [6, 6.07) is 12.4. The van der Waals surface area contributed by atoms with Gasteiger partial charge in [0.2, 0.25) is 0 Å². The first kappa shape index (κ1) is 12.0. The summed E-state index contributed by atoms with van der Waals surface area (Å²) in [5, 5.41) is 23.1. The van der Waals surface area contributed by atoms with Crippen molar-refractivity contribution in [2.75, 3.05) is 5.94 Å². The minimum Gasteiger partial charge on any atom is -0.507 e. The van der Waals surface area contributed by atoms with Gasteiger partial charge in [0.05, 0.1) is 5.39 Å². The molecule has 0 spiro atoms. The highest BCUT2D eigenvalue weighted by Gasteiger charge is 2.15. The van der Waals surface area contributed by atoms with Crippen LogP contribution >= 0.6 is 12.6 Å². The maximum atomic E-state index is 10.4. The van der Waals surface area contributed by atoms with Gasteiger partial charge in [0.15, 0.2) is 0 Å².